The summed E-state index contributed by atoms with van der Waals surface area (Å²) in [6.07, 6.45) is 0. The zero-order valence-corrected chi connectivity index (χ0v) is 13.7. The molecule has 124 valence electrons. The van der Waals surface area contributed by atoms with E-state index in [9.17, 15) is 9.18 Å². The molecule has 0 unspecified atom stereocenters. The first-order valence-electron chi connectivity index (χ1n) is 7.89. The highest BCUT2D eigenvalue weighted by atomic mass is 19.1. The molecular weight excluding hydrogens is 315 g/mol. The minimum Gasteiger partial charge on any atom is -0.267 e. The highest BCUT2D eigenvalue weighted by molar-refractivity contribution is 6.01. The van der Waals surface area contributed by atoms with E-state index in [0.29, 0.717) is 5.71 Å². The number of halogens is 1. The predicted molar refractivity (Wildman–Crippen MR) is 98.0 cm³/mol. The first-order chi connectivity index (χ1) is 12.1. The molecule has 0 bridgehead atoms. The Morgan fingerprint density at radius 2 is 1.52 bits per heavy atom. The van der Waals surface area contributed by atoms with Gasteiger partial charge in [0.15, 0.2) is 0 Å². The van der Waals surface area contributed by atoms with Gasteiger partial charge in [-0.1, -0.05) is 60.7 Å². The van der Waals surface area contributed by atoms with E-state index in [1.807, 2.05) is 49.4 Å². The van der Waals surface area contributed by atoms with Crippen LogP contribution in [0.2, 0.25) is 0 Å². The molecule has 3 aromatic rings. The highest BCUT2D eigenvalue weighted by Gasteiger charge is 2.06. The molecule has 25 heavy (non-hydrogen) atoms. The summed E-state index contributed by atoms with van der Waals surface area (Å²) in [6, 6.07) is 23.5. The molecule has 0 saturated carbocycles. The van der Waals surface area contributed by atoms with Gasteiger partial charge in [-0.2, -0.15) is 5.10 Å². The topological polar surface area (TPSA) is 41.5 Å². The van der Waals surface area contributed by atoms with Gasteiger partial charge in [0.1, 0.15) is 5.82 Å². The van der Waals surface area contributed by atoms with Crippen molar-refractivity contribution in [2.75, 3.05) is 0 Å². The quantitative estimate of drug-likeness (QED) is 0.548. The van der Waals surface area contributed by atoms with Crippen LogP contribution in [0.4, 0.5) is 4.39 Å². The Hall–Kier alpha value is -3.27. The van der Waals surface area contributed by atoms with E-state index in [0.717, 1.165) is 16.7 Å². The van der Waals surface area contributed by atoms with Gasteiger partial charge in [0.05, 0.1) is 5.71 Å². The molecule has 0 aliphatic rings. The van der Waals surface area contributed by atoms with E-state index in [1.54, 1.807) is 0 Å². The van der Waals surface area contributed by atoms with Crippen molar-refractivity contribution < 1.29 is 9.18 Å². The lowest BCUT2D eigenvalue weighted by Gasteiger charge is -2.05. The third-order valence-electron chi connectivity index (χ3n) is 3.82. The summed E-state index contributed by atoms with van der Waals surface area (Å²) in [5.41, 5.74) is 6.51. The molecule has 0 heterocycles. The largest absolute Gasteiger partial charge is 0.271 e. The molecular formula is C21H17FN2O. The third kappa shape index (κ3) is 4.18. The lowest BCUT2D eigenvalue weighted by molar-refractivity contribution is 0.0954. The van der Waals surface area contributed by atoms with Gasteiger partial charge in [0.2, 0.25) is 0 Å². The number of carbonyl (C=O) groups is 1. The number of rotatable bonds is 4. The third-order valence-corrected chi connectivity index (χ3v) is 3.82. The van der Waals surface area contributed by atoms with Crippen LogP contribution in [0.5, 0.6) is 0 Å². The van der Waals surface area contributed by atoms with Gasteiger partial charge < -0.3 is 0 Å². The average Bonchev–Trinajstić information content (AvgIpc) is 2.66. The minimum atomic E-state index is -0.454. The molecule has 0 aromatic heterocycles. The molecule has 0 atom stereocenters. The van der Waals surface area contributed by atoms with Gasteiger partial charge in [0, 0.05) is 5.56 Å². The van der Waals surface area contributed by atoms with E-state index in [4.69, 9.17) is 0 Å². The van der Waals surface area contributed by atoms with Crippen LogP contribution >= 0.6 is 0 Å². The second kappa shape index (κ2) is 7.53. The molecule has 3 rings (SSSR count). The summed E-state index contributed by atoms with van der Waals surface area (Å²) < 4.78 is 13.2. The van der Waals surface area contributed by atoms with Gasteiger partial charge in [-0.3, -0.25) is 4.79 Å². The van der Waals surface area contributed by atoms with Gasteiger partial charge in [-0.25, -0.2) is 9.82 Å². The molecule has 0 aliphatic heterocycles. The molecule has 3 nitrogen and oxygen atoms in total. The van der Waals surface area contributed by atoms with Crippen LogP contribution in [0, 0.1) is 5.82 Å². The molecule has 0 radical (unpaired) electrons. The maximum absolute atomic E-state index is 13.2. The first kappa shape index (κ1) is 16.6. The fourth-order valence-electron chi connectivity index (χ4n) is 2.43. The van der Waals surface area contributed by atoms with Crippen molar-refractivity contribution in [3.05, 3.63) is 95.8 Å². The van der Waals surface area contributed by atoms with Gasteiger partial charge >= 0.3 is 0 Å². The Balaban J connectivity index is 1.71. The molecule has 1 N–H and O–H groups in total. The molecule has 4 heteroatoms. The van der Waals surface area contributed by atoms with Crippen LogP contribution in [-0.4, -0.2) is 11.6 Å². The number of hydrogen-bond acceptors (Lipinski definition) is 2. The van der Waals surface area contributed by atoms with Gasteiger partial charge in [-0.15, -0.1) is 0 Å². The van der Waals surface area contributed by atoms with Crippen molar-refractivity contribution in [2.45, 2.75) is 6.92 Å². The van der Waals surface area contributed by atoms with Crippen molar-refractivity contribution in [3.8, 4) is 11.1 Å². The van der Waals surface area contributed by atoms with E-state index in [-0.39, 0.29) is 5.56 Å². The van der Waals surface area contributed by atoms with Crippen LogP contribution in [0.15, 0.2) is 84.0 Å². The smallest absolute Gasteiger partial charge is 0.267 e. The van der Waals surface area contributed by atoms with Crippen molar-refractivity contribution in [1.82, 2.24) is 5.43 Å². The summed E-state index contributed by atoms with van der Waals surface area (Å²) in [6.45, 7) is 1.81. The minimum absolute atomic E-state index is 0.232. The van der Waals surface area contributed by atoms with Gasteiger partial charge in [-0.05, 0) is 41.8 Å². The number of nitrogens with one attached hydrogen (secondary N) is 1. The fourth-order valence-corrected chi connectivity index (χ4v) is 2.43. The molecule has 3 aromatic carbocycles. The maximum Gasteiger partial charge on any atom is 0.271 e. The van der Waals surface area contributed by atoms with Crippen molar-refractivity contribution >= 4 is 11.6 Å². The number of benzene rings is 3. The second-order valence-corrected chi connectivity index (χ2v) is 5.59. The Bertz CT molecular complexity index is 903. The summed E-state index contributed by atoms with van der Waals surface area (Å²) in [5, 5.41) is 4.10. The number of nitrogens with zero attached hydrogens (tertiary/aromatic N) is 1. The van der Waals surface area contributed by atoms with Crippen LogP contribution in [0.25, 0.3) is 11.1 Å². The van der Waals surface area contributed by atoms with Crippen molar-refractivity contribution in [2.24, 2.45) is 5.10 Å². The van der Waals surface area contributed by atoms with E-state index >= 15 is 0 Å². The lowest BCUT2D eigenvalue weighted by Crippen LogP contribution is -2.19. The van der Waals surface area contributed by atoms with Crippen LogP contribution < -0.4 is 5.43 Å². The molecule has 0 saturated heterocycles. The lowest BCUT2D eigenvalue weighted by atomic mass is 10.0. The standard InChI is InChI=1S/C21H17FN2O/c1-15(23-24-21(25)19-8-5-9-20(22)14-19)16-10-12-18(13-11-16)17-6-3-2-4-7-17/h2-14H,1H3,(H,24,25). The molecule has 0 fully saturated rings. The summed E-state index contributed by atoms with van der Waals surface area (Å²) in [4.78, 5) is 12.0. The highest BCUT2D eigenvalue weighted by Crippen LogP contribution is 2.19. The van der Waals surface area contributed by atoms with Crippen molar-refractivity contribution in [3.63, 3.8) is 0 Å². The second-order valence-electron chi connectivity index (χ2n) is 5.59. The van der Waals surface area contributed by atoms with Crippen molar-refractivity contribution in [1.29, 1.82) is 0 Å². The summed E-state index contributed by atoms with van der Waals surface area (Å²) >= 11 is 0. The zero-order chi connectivity index (χ0) is 17.6. The normalized spacial score (nSPS) is 11.2. The Morgan fingerprint density at radius 3 is 2.20 bits per heavy atom. The Morgan fingerprint density at radius 1 is 0.840 bits per heavy atom. The molecule has 1 amide bonds. The van der Waals surface area contributed by atoms with E-state index < -0.39 is 11.7 Å². The molecule has 0 spiro atoms. The number of hydrazone groups is 1. The van der Waals surface area contributed by atoms with E-state index in [2.05, 4.69) is 22.7 Å². The van der Waals surface area contributed by atoms with Crippen LogP contribution in [0.3, 0.4) is 0 Å². The van der Waals surface area contributed by atoms with Crippen LogP contribution in [-0.2, 0) is 0 Å². The molecule has 0 aliphatic carbocycles. The summed E-state index contributed by atoms with van der Waals surface area (Å²) in [5.74, 6) is -0.899. The first-order valence-corrected chi connectivity index (χ1v) is 7.89. The SMILES string of the molecule is CC(=NNC(=O)c1cccc(F)c1)c1ccc(-c2ccccc2)cc1. The Kier molecular flexibility index (Phi) is 5.00. The van der Waals surface area contributed by atoms with Gasteiger partial charge in [0.25, 0.3) is 5.91 Å². The fraction of sp³-hybridized carbons (Fsp3) is 0.0476. The summed E-state index contributed by atoms with van der Waals surface area (Å²) in [7, 11) is 0. The number of carbonyl (C=O) groups excluding carboxylic acids is 1. The average molecular weight is 332 g/mol. The van der Waals surface area contributed by atoms with Crippen LogP contribution in [0.1, 0.15) is 22.8 Å². The number of hydrogen-bond donors (Lipinski definition) is 1. The Labute approximate surface area is 145 Å². The predicted octanol–water partition coefficient (Wildman–Crippen LogP) is 4.65. The van der Waals surface area contributed by atoms with E-state index in [1.165, 1.54) is 24.3 Å². The maximum atomic E-state index is 13.2. The zero-order valence-electron chi connectivity index (χ0n) is 13.7. The number of amides is 1. The monoisotopic (exact) mass is 332 g/mol.